The molecule has 0 aliphatic rings. The zero-order valence-corrected chi connectivity index (χ0v) is 4.42. The Morgan fingerprint density at radius 3 is 1.67 bits per heavy atom. The Morgan fingerprint density at radius 2 is 1.67 bits per heavy atom. The quantitative estimate of drug-likeness (QED) is 0.431. The second-order valence-electron chi connectivity index (χ2n) is 0.519. The third-order valence-electron chi connectivity index (χ3n) is 0. The molecule has 4 heteroatoms. The first-order valence-corrected chi connectivity index (χ1v) is 0.928. The minimum absolute atomic E-state index is 0. The molecule has 0 heterocycles. The van der Waals surface area contributed by atoms with Crippen LogP contribution in [0.5, 0.6) is 0 Å². The van der Waals surface area contributed by atoms with Crippen LogP contribution < -0.4 is 0 Å². The van der Waals surface area contributed by atoms with E-state index < -0.39 is 5.97 Å². The van der Waals surface area contributed by atoms with E-state index in [0.29, 0.717) is 0 Å². The van der Waals surface area contributed by atoms with Crippen molar-refractivity contribution in [2.75, 3.05) is 0 Å². The molecule has 0 saturated heterocycles. The summed E-state index contributed by atoms with van der Waals surface area (Å²) >= 11 is 0. The summed E-state index contributed by atoms with van der Waals surface area (Å²) in [6, 6.07) is 0. The fourth-order valence-electron chi connectivity index (χ4n) is 0. The molecule has 0 aliphatic carbocycles. The number of carbonyl (C=O) groups is 1. The molecule has 0 amide bonds. The van der Waals surface area contributed by atoms with Crippen LogP contribution in [0, 0.1) is 0 Å². The third kappa shape index (κ3) is 127. The normalized spacial score (nSPS) is 4.17. The fraction of sp³-hybridized carbons (Fsp3) is 0.500. The molecule has 0 bridgehead atoms. The Bertz CT molecular complexity index is 34.5. The van der Waals surface area contributed by atoms with Crippen molar-refractivity contribution in [3.63, 3.8) is 0 Å². The summed E-state index contributed by atoms with van der Waals surface area (Å²) in [5, 5.41) is 7.42. The van der Waals surface area contributed by atoms with Gasteiger partial charge in [-0.1, -0.05) is 0 Å². The second kappa shape index (κ2) is 9.21. The van der Waals surface area contributed by atoms with Crippen LogP contribution in [0.2, 0.25) is 0 Å². The summed E-state index contributed by atoms with van der Waals surface area (Å²) in [4.78, 5) is 9.00. The number of rotatable bonds is 0. The molecule has 2 nitrogen and oxygen atoms in total. The molecule has 0 rings (SSSR count). The molecule has 0 aromatic heterocycles. The van der Waals surface area contributed by atoms with E-state index in [9.17, 15) is 0 Å². The molecule has 0 radical (unpaired) electrons. The Kier molecular flexibility index (Phi) is 24.4. The van der Waals surface area contributed by atoms with Crippen LogP contribution >= 0.6 is 0 Å². The van der Waals surface area contributed by atoms with E-state index in [-0.39, 0.29) is 39.1 Å². The average molecular weight is 138 g/mol. The van der Waals surface area contributed by atoms with Gasteiger partial charge in [0.25, 0.3) is 5.97 Å². The standard InChI is InChI=1S/C2H4O2.Al.Ti.3H/c1-2(3)4;;;;;/h1H3,(H,3,4);;;;;. The zero-order chi connectivity index (χ0) is 3.58. The molecule has 0 aliphatic heterocycles. The number of carboxylic acid groups (broad SMARTS) is 1. The number of aliphatic carboxylic acids is 1. The maximum atomic E-state index is 9.00. The fourth-order valence-corrected chi connectivity index (χ4v) is 0. The predicted octanol–water partition coefficient (Wildman–Crippen LogP) is -1.10. The SMILES string of the molecule is CC(=O)O.[AlH3].[Ti]. The van der Waals surface area contributed by atoms with E-state index >= 15 is 0 Å². The van der Waals surface area contributed by atoms with Gasteiger partial charge in [0.15, 0.2) is 17.4 Å². The minimum atomic E-state index is -0.833. The van der Waals surface area contributed by atoms with Gasteiger partial charge in [-0.3, -0.25) is 4.79 Å². The molecule has 0 fully saturated rings. The van der Waals surface area contributed by atoms with Gasteiger partial charge in [0.05, 0.1) is 0 Å². The van der Waals surface area contributed by atoms with Gasteiger partial charge in [-0.2, -0.15) is 0 Å². The van der Waals surface area contributed by atoms with Gasteiger partial charge in [0.2, 0.25) is 0 Å². The third-order valence-corrected chi connectivity index (χ3v) is 0. The van der Waals surface area contributed by atoms with Crippen molar-refractivity contribution in [2.45, 2.75) is 6.92 Å². The van der Waals surface area contributed by atoms with Crippen LogP contribution in [-0.2, 0) is 26.5 Å². The van der Waals surface area contributed by atoms with Gasteiger partial charge in [-0.15, -0.1) is 0 Å². The van der Waals surface area contributed by atoms with Crippen molar-refractivity contribution >= 4 is 23.3 Å². The number of hydrogen-bond donors (Lipinski definition) is 1. The van der Waals surface area contributed by atoms with Gasteiger partial charge in [-0.25, -0.2) is 0 Å². The Labute approximate surface area is 61.9 Å². The molecule has 0 unspecified atom stereocenters. The van der Waals surface area contributed by atoms with E-state index in [1.165, 1.54) is 0 Å². The Hall–Kier alpha value is 0.717. The average Bonchev–Trinajstić information content (AvgIpc) is 0.811. The molecule has 34 valence electrons. The van der Waals surface area contributed by atoms with Crippen molar-refractivity contribution in [2.24, 2.45) is 0 Å². The second-order valence-corrected chi connectivity index (χ2v) is 0.519. The molecular formula is C2H7AlO2Ti. The monoisotopic (exact) mass is 138 g/mol. The first kappa shape index (κ1) is 15.9. The van der Waals surface area contributed by atoms with Crippen molar-refractivity contribution in [3.05, 3.63) is 0 Å². The van der Waals surface area contributed by atoms with Crippen LogP contribution in [-0.4, -0.2) is 28.4 Å². The smallest absolute Gasteiger partial charge is 0.300 e. The molecule has 6 heavy (non-hydrogen) atoms. The van der Waals surface area contributed by atoms with Gasteiger partial charge in [0, 0.05) is 28.6 Å². The summed E-state index contributed by atoms with van der Waals surface area (Å²) in [6.45, 7) is 1.08. The Balaban J connectivity index is -0.0000000450. The number of carboxylic acids is 1. The molecule has 0 aromatic rings. The van der Waals surface area contributed by atoms with Gasteiger partial charge in [-0.05, 0) is 0 Å². The van der Waals surface area contributed by atoms with Crippen molar-refractivity contribution in [1.82, 2.24) is 0 Å². The van der Waals surface area contributed by atoms with E-state index in [1.54, 1.807) is 0 Å². The molecule has 0 aromatic carbocycles. The first-order valence-electron chi connectivity index (χ1n) is 0.928. The summed E-state index contributed by atoms with van der Waals surface area (Å²) < 4.78 is 0. The van der Waals surface area contributed by atoms with Crippen LogP contribution in [0.15, 0.2) is 0 Å². The van der Waals surface area contributed by atoms with E-state index in [1.807, 2.05) is 0 Å². The van der Waals surface area contributed by atoms with Crippen molar-refractivity contribution in [3.8, 4) is 0 Å². The molecule has 0 atom stereocenters. The van der Waals surface area contributed by atoms with Gasteiger partial charge < -0.3 is 5.11 Å². The predicted molar refractivity (Wildman–Crippen MR) is 23.2 cm³/mol. The summed E-state index contributed by atoms with van der Waals surface area (Å²) in [5.74, 6) is -0.833. The molecular weight excluding hydrogens is 131 g/mol. The van der Waals surface area contributed by atoms with Gasteiger partial charge >= 0.3 is 0 Å². The maximum Gasteiger partial charge on any atom is 0.300 e. The number of hydrogen-bond acceptors (Lipinski definition) is 1. The van der Waals surface area contributed by atoms with Crippen LogP contribution in [0.4, 0.5) is 0 Å². The first-order chi connectivity index (χ1) is 1.73. The van der Waals surface area contributed by atoms with Crippen LogP contribution in [0.25, 0.3) is 0 Å². The molecule has 0 spiro atoms. The van der Waals surface area contributed by atoms with E-state index in [4.69, 9.17) is 9.90 Å². The van der Waals surface area contributed by atoms with Gasteiger partial charge in [0.1, 0.15) is 0 Å². The molecule has 1 N–H and O–H groups in total. The van der Waals surface area contributed by atoms with Crippen LogP contribution in [0.1, 0.15) is 6.92 Å². The Morgan fingerprint density at radius 1 is 1.67 bits per heavy atom. The van der Waals surface area contributed by atoms with Crippen LogP contribution in [0.3, 0.4) is 0 Å². The summed E-state index contributed by atoms with van der Waals surface area (Å²) in [6.07, 6.45) is 0. The summed E-state index contributed by atoms with van der Waals surface area (Å²) in [7, 11) is 0. The topological polar surface area (TPSA) is 37.3 Å². The maximum absolute atomic E-state index is 9.00. The van der Waals surface area contributed by atoms with E-state index in [0.717, 1.165) is 6.92 Å². The van der Waals surface area contributed by atoms with Crippen molar-refractivity contribution in [1.29, 1.82) is 0 Å². The zero-order valence-electron chi connectivity index (χ0n) is 2.86. The summed E-state index contributed by atoms with van der Waals surface area (Å²) in [5.41, 5.74) is 0. The minimum Gasteiger partial charge on any atom is -0.481 e. The van der Waals surface area contributed by atoms with E-state index in [2.05, 4.69) is 0 Å². The molecule has 0 saturated carbocycles. The largest absolute Gasteiger partial charge is 0.481 e. The van der Waals surface area contributed by atoms with Crippen molar-refractivity contribution < 1.29 is 31.6 Å².